The van der Waals surface area contributed by atoms with E-state index in [1.54, 1.807) is 6.07 Å². The SMILES string of the molecule is CC=CCCC1CCC(C2CCC(c3ccc(-c4ccc(CCCCC)c(F)c4F)c(F)c3F)CC2)CC1. The van der Waals surface area contributed by atoms with Crippen molar-refractivity contribution in [1.29, 1.82) is 0 Å². The molecule has 0 spiro atoms. The zero-order chi connectivity index (χ0) is 27.1. The van der Waals surface area contributed by atoms with Gasteiger partial charge in [-0.1, -0.05) is 69.0 Å². The Balaban J connectivity index is 1.37. The third-order valence-electron chi connectivity index (χ3n) is 9.36. The first-order chi connectivity index (χ1) is 18.4. The third kappa shape index (κ3) is 6.72. The largest absolute Gasteiger partial charge is 0.203 e. The number of allylic oxidation sites excluding steroid dienone is 2. The lowest BCUT2D eigenvalue weighted by Crippen LogP contribution is -2.25. The van der Waals surface area contributed by atoms with Gasteiger partial charge >= 0.3 is 0 Å². The van der Waals surface area contributed by atoms with E-state index < -0.39 is 23.3 Å². The molecular weight excluding hydrogens is 484 g/mol. The molecule has 0 aromatic heterocycles. The second-order valence-electron chi connectivity index (χ2n) is 11.7. The summed E-state index contributed by atoms with van der Waals surface area (Å²) in [4.78, 5) is 0. The summed E-state index contributed by atoms with van der Waals surface area (Å²) in [7, 11) is 0. The maximum absolute atomic E-state index is 15.3. The lowest BCUT2D eigenvalue weighted by molar-refractivity contribution is 0.156. The number of unbranched alkanes of at least 4 members (excludes halogenated alkanes) is 2. The fourth-order valence-electron chi connectivity index (χ4n) is 6.99. The Bertz CT molecular complexity index is 1070. The molecule has 0 atom stereocenters. The first kappa shape index (κ1) is 28.9. The highest BCUT2D eigenvalue weighted by molar-refractivity contribution is 5.66. The minimum absolute atomic E-state index is 0.0190. The van der Waals surface area contributed by atoms with Crippen molar-refractivity contribution in [2.45, 2.75) is 110 Å². The van der Waals surface area contributed by atoms with Crippen LogP contribution < -0.4 is 0 Å². The molecule has 2 aromatic rings. The van der Waals surface area contributed by atoms with E-state index in [1.165, 1.54) is 56.7 Å². The summed E-state index contributed by atoms with van der Waals surface area (Å²) in [5, 5.41) is 0. The highest BCUT2D eigenvalue weighted by Crippen LogP contribution is 2.45. The van der Waals surface area contributed by atoms with Crippen molar-refractivity contribution >= 4 is 0 Å². The molecule has 0 amide bonds. The highest BCUT2D eigenvalue weighted by Gasteiger charge is 2.32. The second-order valence-corrected chi connectivity index (χ2v) is 11.7. The Morgan fingerprint density at radius 1 is 0.711 bits per heavy atom. The van der Waals surface area contributed by atoms with Crippen LogP contribution in [0.1, 0.15) is 114 Å². The molecule has 4 rings (SSSR count). The Morgan fingerprint density at radius 3 is 1.95 bits per heavy atom. The molecular formula is C34H44F4. The van der Waals surface area contributed by atoms with Gasteiger partial charge in [0.05, 0.1) is 0 Å². The topological polar surface area (TPSA) is 0 Å². The van der Waals surface area contributed by atoms with Crippen molar-refractivity contribution in [1.82, 2.24) is 0 Å². The van der Waals surface area contributed by atoms with Crippen LogP contribution in [0.25, 0.3) is 11.1 Å². The molecule has 208 valence electrons. The molecule has 0 saturated heterocycles. The number of benzene rings is 2. The summed E-state index contributed by atoms with van der Waals surface area (Å²) in [6, 6.07) is 5.92. The molecule has 4 heteroatoms. The molecule has 0 unspecified atom stereocenters. The van der Waals surface area contributed by atoms with Gasteiger partial charge < -0.3 is 0 Å². The van der Waals surface area contributed by atoms with Crippen molar-refractivity contribution in [2.75, 3.05) is 0 Å². The normalized spacial score (nSPS) is 24.3. The molecule has 2 saturated carbocycles. The summed E-state index contributed by atoms with van der Waals surface area (Å²) in [5.74, 6) is -1.74. The minimum atomic E-state index is -1.10. The lowest BCUT2D eigenvalue weighted by atomic mass is 9.68. The molecule has 2 aliphatic carbocycles. The average Bonchev–Trinajstić information content (AvgIpc) is 2.94. The number of hydrogen-bond donors (Lipinski definition) is 0. The van der Waals surface area contributed by atoms with Gasteiger partial charge in [-0.05, 0) is 106 Å². The predicted molar refractivity (Wildman–Crippen MR) is 149 cm³/mol. The van der Waals surface area contributed by atoms with Gasteiger partial charge in [-0.15, -0.1) is 0 Å². The van der Waals surface area contributed by atoms with Gasteiger partial charge in [-0.25, -0.2) is 17.6 Å². The van der Waals surface area contributed by atoms with Crippen LogP contribution in [-0.4, -0.2) is 0 Å². The van der Waals surface area contributed by atoms with Crippen LogP contribution in [0.2, 0.25) is 0 Å². The van der Waals surface area contributed by atoms with Crippen LogP contribution in [0.4, 0.5) is 17.6 Å². The van der Waals surface area contributed by atoms with Gasteiger partial charge in [0, 0.05) is 11.1 Å². The quantitative estimate of drug-likeness (QED) is 0.163. The van der Waals surface area contributed by atoms with Gasteiger partial charge in [-0.3, -0.25) is 0 Å². The molecule has 0 aliphatic heterocycles. The lowest BCUT2D eigenvalue weighted by Gasteiger charge is -2.38. The van der Waals surface area contributed by atoms with Gasteiger partial charge in [0.15, 0.2) is 23.3 Å². The third-order valence-corrected chi connectivity index (χ3v) is 9.36. The van der Waals surface area contributed by atoms with E-state index in [0.29, 0.717) is 17.9 Å². The molecule has 0 heterocycles. The van der Waals surface area contributed by atoms with Gasteiger partial charge in [0.25, 0.3) is 0 Å². The van der Waals surface area contributed by atoms with Gasteiger partial charge in [-0.2, -0.15) is 0 Å². The molecule has 0 radical (unpaired) electrons. The fraction of sp³-hybridized carbons (Fsp3) is 0.588. The van der Waals surface area contributed by atoms with E-state index in [-0.39, 0.29) is 22.6 Å². The Hall–Kier alpha value is -2.10. The molecule has 0 N–H and O–H groups in total. The van der Waals surface area contributed by atoms with Crippen LogP contribution in [0.3, 0.4) is 0 Å². The van der Waals surface area contributed by atoms with E-state index in [1.807, 2.05) is 6.92 Å². The van der Waals surface area contributed by atoms with Crippen LogP contribution in [0, 0.1) is 41.0 Å². The Labute approximate surface area is 226 Å². The smallest absolute Gasteiger partial charge is 0.167 e. The van der Waals surface area contributed by atoms with Crippen molar-refractivity contribution in [3.05, 3.63) is 70.8 Å². The van der Waals surface area contributed by atoms with Crippen LogP contribution in [-0.2, 0) is 6.42 Å². The predicted octanol–water partition coefficient (Wildman–Crippen LogP) is 11.1. The van der Waals surface area contributed by atoms with E-state index in [2.05, 4.69) is 19.1 Å². The summed E-state index contributed by atoms with van der Waals surface area (Å²) in [6.07, 6.45) is 19.1. The van der Waals surface area contributed by atoms with E-state index >= 15 is 8.78 Å². The number of hydrogen-bond acceptors (Lipinski definition) is 0. The van der Waals surface area contributed by atoms with E-state index in [4.69, 9.17) is 0 Å². The fourth-order valence-corrected chi connectivity index (χ4v) is 6.99. The van der Waals surface area contributed by atoms with E-state index in [0.717, 1.165) is 56.8 Å². The summed E-state index contributed by atoms with van der Waals surface area (Å²) >= 11 is 0. The zero-order valence-corrected chi connectivity index (χ0v) is 23.2. The maximum atomic E-state index is 15.3. The first-order valence-corrected chi connectivity index (χ1v) is 15.0. The van der Waals surface area contributed by atoms with Crippen molar-refractivity contribution in [3.8, 4) is 11.1 Å². The van der Waals surface area contributed by atoms with Crippen molar-refractivity contribution in [2.24, 2.45) is 17.8 Å². The molecule has 2 aliphatic rings. The summed E-state index contributed by atoms with van der Waals surface area (Å²) in [5.41, 5.74) is 0.253. The number of rotatable bonds is 10. The monoisotopic (exact) mass is 528 g/mol. The van der Waals surface area contributed by atoms with Crippen LogP contribution in [0.5, 0.6) is 0 Å². The molecule has 2 fully saturated rings. The van der Waals surface area contributed by atoms with Gasteiger partial charge in [0.1, 0.15) is 0 Å². The van der Waals surface area contributed by atoms with Crippen LogP contribution in [0.15, 0.2) is 36.4 Å². The first-order valence-electron chi connectivity index (χ1n) is 15.0. The highest BCUT2D eigenvalue weighted by atomic mass is 19.2. The standard InChI is InChI=1S/C34H44F4/c1-3-5-7-9-23-11-13-24(14-12-23)25-15-17-26(18-16-25)28-21-22-30(34(38)32(28)36)29-20-19-27(10-8-6-4-2)31(35)33(29)37/h3,5,19-26H,4,6-18H2,1-2H3. The van der Waals surface area contributed by atoms with Crippen LogP contribution >= 0.6 is 0 Å². The zero-order valence-electron chi connectivity index (χ0n) is 23.2. The maximum Gasteiger partial charge on any atom is 0.167 e. The number of halogens is 4. The molecule has 0 bridgehead atoms. The molecule has 2 aromatic carbocycles. The average molecular weight is 529 g/mol. The molecule has 0 nitrogen and oxygen atoms in total. The van der Waals surface area contributed by atoms with Gasteiger partial charge in [0.2, 0.25) is 0 Å². The second kappa shape index (κ2) is 13.8. The summed E-state index contributed by atoms with van der Waals surface area (Å²) < 4.78 is 60.0. The summed E-state index contributed by atoms with van der Waals surface area (Å²) in [6.45, 7) is 4.13. The van der Waals surface area contributed by atoms with Crippen molar-refractivity contribution in [3.63, 3.8) is 0 Å². The number of aryl methyl sites for hydroxylation is 1. The molecule has 38 heavy (non-hydrogen) atoms. The minimum Gasteiger partial charge on any atom is -0.203 e. The Morgan fingerprint density at radius 2 is 1.32 bits per heavy atom. The van der Waals surface area contributed by atoms with E-state index in [9.17, 15) is 8.78 Å². The Kier molecular flexibility index (Phi) is 10.5. The van der Waals surface area contributed by atoms with Crippen molar-refractivity contribution < 1.29 is 17.6 Å².